The van der Waals surface area contributed by atoms with Crippen LogP contribution >= 0.6 is 0 Å². The molecule has 0 aliphatic carbocycles. The van der Waals surface area contributed by atoms with Gasteiger partial charge in [0, 0.05) is 19.2 Å². The van der Waals surface area contributed by atoms with Gasteiger partial charge in [-0.05, 0) is 30.9 Å². The first-order valence-electron chi connectivity index (χ1n) is 7.43. The molecule has 0 N–H and O–H groups in total. The fourth-order valence-electron chi connectivity index (χ4n) is 2.82. The summed E-state index contributed by atoms with van der Waals surface area (Å²) in [5, 5.41) is 0. The highest BCUT2D eigenvalue weighted by Gasteiger charge is 2.17. The summed E-state index contributed by atoms with van der Waals surface area (Å²) in [5.74, 6) is 1.53. The maximum atomic E-state index is 12.2. The van der Waals surface area contributed by atoms with E-state index in [1.807, 2.05) is 18.2 Å². The van der Waals surface area contributed by atoms with Gasteiger partial charge >= 0.3 is 0 Å². The maximum Gasteiger partial charge on any atom is 0.270 e. The van der Waals surface area contributed by atoms with Crippen LogP contribution in [0, 0.1) is 5.92 Å². The molecule has 1 aliphatic rings. The summed E-state index contributed by atoms with van der Waals surface area (Å²) in [6, 6.07) is 5.64. The van der Waals surface area contributed by atoms with E-state index < -0.39 is 0 Å². The molecule has 21 heavy (non-hydrogen) atoms. The van der Waals surface area contributed by atoms with Crippen molar-refractivity contribution < 1.29 is 4.74 Å². The lowest BCUT2D eigenvalue weighted by molar-refractivity contribution is 0.154. The first-order valence-corrected chi connectivity index (χ1v) is 7.43. The number of aromatic nitrogens is 2. The Morgan fingerprint density at radius 3 is 2.81 bits per heavy atom. The molecule has 0 radical (unpaired) electrons. The third kappa shape index (κ3) is 2.93. The summed E-state index contributed by atoms with van der Waals surface area (Å²) in [6.07, 6.45) is 3.80. The van der Waals surface area contributed by atoms with Crippen LogP contribution in [-0.2, 0) is 6.67 Å². The predicted octanol–water partition coefficient (Wildman–Crippen LogP) is 2.09. The van der Waals surface area contributed by atoms with E-state index in [2.05, 4.69) is 16.8 Å². The monoisotopic (exact) mass is 287 g/mol. The molecule has 2 heterocycles. The summed E-state index contributed by atoms with van der Waals surface area (Å²) in [5.41, 5.74) is 1.59. The number of hydrogen-bond donors (Lipinski definition) is 0. The van der Waals surface area contributed by atoms with Gasteiger partial charge in [0.15, 0.2) is 0 Å². The molecule has 2 aromatic rings. The van der Waals surface area contributed by atoms with Crippen LogP contribution < -0.4 is 10.3 Å². The molecule has 0 saturated carbocycles. The third-order valence-electron chi connectivity index (χ3n) is 4.27. The zero-order valence-electron chi connectivity index (χ0n) is 12.6. The minimum absolute atomic E-state index is 0.0608. The van der Waals surface area contributed by atoms with E-state index in [1.54, 1.807) is 11.7 Å². The number of ether oxygens (including phenoxy) is 1. The van der Waals surface area contributed by atoms with Crippen molar-refractivity contribution in [3.63, 3.8) is 0 Å². The topological polar surface area (TPSA) is 47.4 Å². The Labute approximate surface area is 124 Å². The lowest BCUT2D eigenvalue weighted by Crippen LogP contribution is -2.37. The van der Waals surface area contributed by atoms with Crippen LogP contribution in [0.15, 0.2) is 29.2 Å². The molecule has 0 bridgehead atoms. The van der Waals surface area contributed by atoms with E-state index in [0.717, 1.165) is 35.8 Å². The number of rotatable bonds is 3. The summed E-state index contributed by atoms with van der Waals surface area (Å²) < 4.78 is 7.06. The number of nitrogens with zero attached hydrogens (tertiary/aromatic N) is 3. The molecule has 112 valence electrons. The Bertz CT molecular complexity index is 687. The number of piperidine rings is 1. The molecule has 0 amide bonds. The number of benzene rings is 1. The average molecular weight is 287 g/mol. The highest BCUT2D eigenvalue weighted by Crippen LogP contribution is 2.20. The fraction of sp³-hybridized carbons (Fsp3) is 0.500. The molecule has 0 spiro atoms. The number of likely N-dealkylation sites (tertiary alicyclic amines) is 1. The van der Waals surface area contributed by atoms with E-state index in [1.165, 1.54) is 19.0 Å². The van der Waals surface area contributed by atoms with Gasteiger partial charge in [0.25, 0.3) is 5.56 Å². The number of fused-ring (bicyclic) bond motifs is 1. The van der Waals surface area contributed by atoms with Crippen molar-refractivity contribution in [1.82, 2.24) is 14.5 Å². The van der Waals surface area contributed by atoms with Gasteiger partial charge in [-0.2, -0.15) is 0 Å². The van der Waals surface area contributed by atoms with Crippen LogP contribution in [-0.4, -0.2) is 34.7 Å². The summed E-state index contributed by atoms with van der Waals surface area (Å²) >= 11 is 0. The second-order valence-corrected chi connectivity index (χ2v) is 5.82. The molecule has 0 atom stereocenters. The van der Waals surface area contributed by atoms with Crippen LogP contribution in [0.1, 0.15) is 19.8 Å². The largest absolute Gasteiger partial charge is 0.497 e. The molecule has 3 rings (SSSR count). The minimum Gasteiger partial charge on any atom is -0.497 e. The Morgan fingerprint density at radius 1 is 1.33 bits per heavy atom. The first kappa shape index (κ1) is 14.1. The standard InChI is InChI=1S/C16H21N3O2/c1-12-5-7-18(8-6-12)11-19-15-9-13(21-2)3-4-14(15)17-10-16(19)20/h3-4,9-10,12H,5-8,11H2,1-2H3. The van der Waals surface area contributed by atoms with Crippen molar-refractivity contribution in [1.29, 1.82) is 0 Å². The van der Waals surface area contributed by atoms with Crippen molar-refractivity contribution >= 4 is 11.0 Å². The lowest BCUT2D eigenvalue weighted by Gasteiger charge is -2.30. The van der Waals surface area contributed by atoms with Crippen molar-refractivity contribution in [3.05, 3.63) is 34.7 Å². The van der Waals surface area contributed by atoms with Crippen LogP contribution in [0.25, 0.3) is 11.0 Å². The number of hydrogen-bond acceptors (Lipinski definition) is 4. The highest BCUT2D eigenvalue weighted by molar-refractivity contribution is 5.76. The zero-order valence-corrected chi connectivity index (χ0v) is 12.6. The van der Waals surface area contributed by atoms with E-state index in [9.17, 15) is 4.79 Å². The third-order valence-corrected chi connectivity index (χ3v) is 4.27. The zero-order chi connectivity index (χ0) is 14.8. The Morgan fingerprint density at radius 2 is 2.10 bits per heavy atom. The van der Waals surface area contributed by atoms with Gasteiger partial charge in [0.2, 0.25) is 0 Å². The molecule has 5 nitrogen and oxygen atoms in total. The Kier molecular flexibility index (Phi) is 3.92. The quantitative estimate of drug-likeness (QED) is 0.867. The van der Waals surface area contributed by atoms with Gasteiger partial charge in [0.1, 0.15) is 5.75 Å². The van der Waals surface area contributed by atoms with Crippen molar-refractivity contribution in [2.45, 2.75) is 26.4 Å². The highest BCUT2D eigenvalue weighted by atomic mass is 16.5. The van der Waals surface area contributed by atoms with Crippen molar-refractivity contribution in [2.24, 2.45) is 5.92 Å². The maximum absolute atomic E-state index is 12.2. The molecule has 1 saturated heterocycles. The Balaban J connectivity index is 1.96. The van der Waals surface area contributed by atoms with Crippen LogP contribution in [0.2, 0.25) is 0 Å². The molecular formula is C16H21N3O2. The SMILES string of the molecule is COc1ccc2ncc(=O)n(CN3CCC(C)CC3)c2c1. The van der Waals surface area contributed by atoms with Crippen molar-refractivity contribution in [2.75, 3.05) is 20.2 Å². The van der Waals surface area contributed by atoms with Crippen molar-refractivity contribution in [3.8, 4) is 5.75 Å². The normalized spacial score (nSPS) is 17.2. The van der Waals surface area contributed by atoms with Gasteiger partial charge in [0.05, 0.1) is 31.0 Å². The Hall–Kier alpha value is -1.88. The van der Waals surface area contributed by atoms with E-state index in [-0.39, 0.29) is 5.56 Å². The fourth-order valence-corrected chi connectivity index (χ4v) is 2.82. The first-order chi connectivity index (χ1) is 10.2. The van der Waals surface area contributed by atoms with Gasteiger partial charge in [-0.3, -0.25) is 14.3 Å². The van der Waals surface area contributed by atoms with Crippen LogP contribution in [0.4, 0.5) is 0 Å². The number of methoxy groups -OCH3 is 1. The smallest absolute Gasteiger partial charge is 0.270 e. The van der Waals surface area contributed by atoms with Crippen LogP contribution in [0.3, 0.4) is 0 Å². The van der Waals surface area contributed by atoms with Gasteiger partial charge < -0.3 is 4.74 Å². The van der Waals surface area contributed by atoms with Gasteiger partial charge in [-0.15, -0.1) is 0 Å². The molecule has 0 unspecified atom stereocenters. The molecule has 1 fully saturated rings. The van der Waals surface area contributed by atoms with Gasteiger partial charge in [-0.1, -0.05) is 6.92 Å². The predicted molar refractivity (Wildman–Crippen MR) is 82.5 cm³/mol. The summed E-state index contributed by atoms with van der Waals surface area (Å²) in [6.45, 7) is 5.00. The molecule has 1 aromatic carbocycles. The molecule has 1 aromatic heterocycles. The molecule has 1 aliphatic heterocycles. The minimum atomic E-state index is -0.0608. The second kappa shape index (κ2) is 5.85. The lowest BCUT2D eigenvalue weighted by atomic mass is 10.00. The van der Waals surface area contributed by atoms with Gasteiger partial charge in [-0.25, -0.2) is 4.98 Å². The van der Waals surface area contributed by atoms with E-state index in [4.69, 9.17) is 4.74 Å². The summed E-state index contributed by atoms with van der Waals surface area (Å²) in [7, 11) is 1.63. The molecule has 5 heteroatoms. The van der Waals surface area contributed by atoms with Crippen LogP contribution in [0.5, 0.6) is 5.75 Å². The second-order valence-electron chi connectivity index (χ2n) is 5.82. The average Bonchev–Trinajstić information content (AvgIpc) is 2.51. The van der Waals surface area contributed by atoms with E-state index in [0.29, 0.717) is 6.67 Å². The van der Waals surface area contributed by atoms with E-state index >= 15 is 0 Å². The molecular weight excluding hydrogens is 266 g/mol. The summed E-state index contributed by atoms with van der Waals surface area (Å²) in [4.78, 5) is 18.8.